The molecule has 0 fully saturated rings. The van der Waals surface area contributed by atoms with E-state index < -0.39 is 6.10 Å². The van der Waals surface area contributed by atoms with Crippen molar-refractivity contribution < 1.29 is 5.11 Å². The van der Waals surface area contributed by atoms with Crippen LogP contribution in [0.2, 0.25) is 0 Å². The van der Waals surface area contributed by atoms with E-state index in [0.717, 1.165) is 18.7 Å². The zero-order valence-electron chi connectivity index (χ0n) is 11.1. The Morgan fingerprint density at radius 2 is 1.67 bits per heavy atom. The second kappa shape index (κ2) is 5.98. The van der Waals surface area contributed by atoms with Gasteiger partial charge in [0.05, 0.1) is 6.10 Å². The maximum atomic E-state index is 10.3. The van der Waals surface area contributed by atoms with Crippen molar-refractivity contribution in [2.75, 3.05) is 19.6 Å². The Bertz CT molecular complexity index is 505. The highest BCUT2D eigenvalue weighted by Gasteiger charge is 2.11. The van der Waals surface area contributed by atoms with Gasteiger partial charge in [-0.25, -0.2) is 0 Å². The van der Waals surface area contributed by atoms with Crippen molar-refractivity contribution in [2.24, 2.45) is 0 Å². The lowest BCUT2D eigenvalue weighted by molar-refractivity contribution is 0.119. The Balaban J connectivity index is 2.19. The molecule has 0 saturated carbocycles. The molecule has 0 bridgehead atoms. The summed E-state index contributed by atoms with van der Waals surface area (Å²) in [5.41, 5.74) is 1.00. The quantitative estimate of drug-likeness (QED) is 0.871. The van der Waals surface area contributed by atoms with Crippen molar-refractivity contribution in [1.29, 1.82) is 0 Å². The van der Waals surface area contributed by atoms with Gasteiger partial charge in [0.1, 0.15) is 0 Å². The van der Waals surface area contributed by atoms with Crippen LogP contribution < -0.4 is 0 Å². The molecule has 2 rings (SSSR count). The van der Waals surface area contributed by atoms with E-state index in [-0.39, 0.29) is 0 Å². The molecule has 0 aromatic heterocycles. The van der Waals surface area contributed by atoms with E-state index in [9.17, 15) is 5.11 Å². The number of likely N-dealkylation sites (N-methyl/N-ethyl adjacent to an activating group) is 1. The molecular weight excluding hydrogens is 222 g/mol. The van der Waals surface area contributed by atoms with Crippen molar-refractivity contribution in [3.05, 3.63) is 48.0 Å². The average molecular weight is 243 g/mol. The van der Waals surface area contributed by atoms with Gasteiger partial charge < -0.3 is 10.0 Å². The Kier molecular flexibility index (Phi) is 4.34. The molecule has 1 unspecified atom stereocenters. The molecule has 2 nitrogen and oxygen atoms in total. The summed E-state index contributed by atoms with van der Waals surface area (Å²) >= 11 is 0. The molecule has 2 aromatic carbocycles. The summed E-state index contributed by atoms with van der Waals surface area (Å²) in [5.74, 6) is 0. The van der Waals surface area contributed by atoms with Gasteiger partial charge in [-0.2, -0.15) is 0 Å². The lowest BCUT2D eigenvalue weighted by Gasteiger charge is -2.22. The number of rotatable bonds is 5. The normalized spacial score (nSPS) is 13.1. The number of fused-ring (bicyclic) bond motifs is 1. The minimum atomic E-state index is -0.408. The van der Waals surface area contributed by atoms with Crippen molar-refractivity contribution in [2.45, 2.75) is 20.0 Å². The van der Waals surface area contributed by atoms with Gasteiger partial charge >= 0.3 is 0 Å². The first-order valence-electron chi connectivity index (χ1n) is 6.63. The Morgan fingerprint density at radius 3 is 2.33 bits per heavy atom. The van der Waals surface area contributed by atoms with Crippen LogP contribution in [-0.2, 0) is 0 Å². The van der Waals surface area contributed by atoms with Gasteiger partial charge in [-0.1, -0.05) is 50.2 Å². The first-order valence-corrected chi connectivity index (χ1v) is 6.63. The van der Waals surface area contributed by atoms with Crippen LogP contribution in [0.1, 0.15) is 25.5 Å². The molecule has 0 radical (unpaired) electrons. The summed E-state index contributed by atoms with van der Waals surface area (Å²) in [5, 5.41) is 12.7. The fourth-order valence-corrected chi connectivity index (χ4v) is 2.25. The summed E-state index contributed by atoms with van der Waals surface area (Å²) < 4.78 is 0. The zero-order valence-corrected chi connectivity index (χ0v) is 11.1. The SMILES string of the molecule is CCN(CC)CC(O)c1ccc2ccccc2c1. The van der Waals surface area contributed by atoms with Crippen molar-refractivity contribution in [1.82, 2.24) is 4.90 Å². The maximum Gasteiger partial charge on any atom is 0.0917 e. The molecule has 0 aliphatic rings. The monoisotopic (exact) mass is 243 g/mol. The van der Waals surface area contributed by atoms with Gasteiger partial charge in [-0.05, 0) is 35.5 Å². The second-order valence-electron chi connectivity index (χ2n) is 4.61. The van der Waals surface area contributed by atoms with Crippen molar-refractivity contribution in [3.8, 4) is 0 Å². The molecule has 0 aliphatic carbocycles. The highest BCUT2D eigenvalue weighted by molar-refractivity contribution is 5.83. The number of hydrogen-bond donors (Lipinski definition) is 1. The molecule has 1 atom stereocenters. The standard InChI is InChI=1S/C16H21NO/c1-3-17(4-2)12-16(18)15-10-9-13-7-5-6-8-14(13)11-15/h5-11,16,18H,3-4,12H2,1-2H3. The molecule has 2 heteroatoms. The molecule has 96 valence electrons. The molecule has 2 aromatic rings. The van der Waals surface area contributed by atoms with E-state index in [1.807, 2.05) is 18.2 Å². The van der Waals surface area contributed by atoms with Crippen LogP contribution >= 0.6 is 0 Å². The predicted octanol–water partition coefficient (Wildman–Crippen LogP) is 3.22. The first kappa shape index (κ1) is 13.1. The number of aliphatic hydroxyl groups is 1. The highest BCUT2D eigenvalue weighted by Crippen LogP contribution is 2.21. The van der Waals surface area contributed by atoms with Gasteiger partial charge in [-0.15, -0.1) is 0 Å². The minimum absolute atomic E-state index is 0.408. The third kappa shape index (κ3) is 2.89. The van der Waals surface area contributed by atoms with Gasteiger partial charge in [0.15, 0.2) is 0 Å². The predicted molar refractivity (Wildman–Crippen MR) is 76.7 cm³/mol. The minimum Gasteiger partial charge on any atom is -0.387 e. The van der Waals surface area contributed by atoms with Crippen molar-refractivity contribution in [3.63, 3.8) is 0 Å². The lowest BCUT2D eigenvalue weighted by atomic mass is 10.0. The van der Waals surface area contributed by atoms with E-state index in [1.165, 1.54) is 10.8 Å². The Labute approximate surface area is 109 Å². The Morgan fingerprint density at radius 1 is 1.00 bits per heavy atom. The molecular formula is C16H21NO. The van der Waals surface area contributed by atoms with Crippen LogP contribution in [0.15, 0.2) is 42.5 Å². The number of benzene rings is 2. The smallest absolute Gasteiger partial charge is 0.0917 e. The lowest BCUT2D eigenvalue weighted by Crippen LogP contribution is -2.28. The molecule has 0 aliphatic heterocycles. The summed E-state index contributed by atoms with van der Waals surface area (Å²) in [6.07, 6.45) is -0.408. The van der Waals surface area contributed by atoms with Crippen LogP contribution in [0.4, 0.5) is 0 Å². The van der Waals surface area contributed by atoms with Crippen LogP contribution in [0, 0.1) is 0 Å². The number of aliphatic hydroxyl groups excluding tert-OH is 1. The molecule has 0 spiro atoms. The summed E-state index contributed by atoms with van der Waals surface area (Å²) in [6.45, 7) is 6.89. The second-order valence-corrected chi connectivity index (χ2v) is 4.61. The third-order valence-corrected chi connectivity index (χ3v) is 3.48. The third-order valence-electron chi connectivity index (χ3n) is 3.48. The largest absolute Gasteiger partial charge is 0.387 e. The fraction of sp³-hybridized carbons (Fsp3) is 0.375. The number of nitrogens with zero attached hydrogens (tertiary/aromatic N) is 1. The van der Waals surface area contributed by atoms with Crippen LogP contribution in [0.3, 0.4) is 0 Å². The van der Waals surface area contributed by atoms with Crippen LogP contribution in [0.5, 0.6) is 0 Å². The zero-order chi connectivity index (χ0) is 13.0. The molecule has 0 saturated heterocycles. The summed E-state index contributed by atoms with van der Waals surface area (Å²) in [7, 11) is 0. The number of hydrogen-bond acceptors (Lipinski definition) is 2. The Hall–Kier alpha value is -1.38. The van der Waals surface area contributed by atoms with E-state index in [1.54, 1.807) is 0 Å². The van der Waals surface area contributed by atoms with Crippen LogP contribution in [-0.4, -0.2) is 29.6 Å². The molecule has 18 heavy (non-hydrogen) atoms. The maximum absolute atomic E-state index is 10.3. The summed E-state index contributed by atoms with van der Waals surface area (Å²) in [6, 6.07) is 14.4. The van der Waals surface area contributed by atoms with E-state index >= 15 is 0 Å². The van der Waals surface area contributed by atoms with E-state index in [0.29, 0.717) is 6.54 Å². The molecule has 0 amide bonds. The highest BCUT2D eigenvalue weighted by atomic mass is 16.3. The fourth-order valence-electron chi connectivity index (χ4n) is 2.25. The van der Waals surface area contributed by atoms with E-state index in [2.05, 4.69) is 43.0 Å². The van der Waals surface area contributed by atoms with Gasteiger partial charge in [0, 0.05) is 6.54 Å². The topological polar surface area (TPSA) is 23.5 Å². The summed E-state index contributed by atoms with van der Waals surface area (Å²) in [4.78, 5) is 2.24. The molecule has 1 N–H and O–H groups in total. The van der Waals surface area contributed by atoms with E-state index in [4.69, 9.17) is 0 Å². The van der Waals surface area contributed by atoms with Gasteiger partial charge in [-0.3, -0.25) is 0 Å². The van der Waals surface area contributed by atoms with Crippen molar-refractivity contribution >= 4 is 10.8 Å². The molecule has 0 heterocycles. The van der Waals surface area contributed by atoms with Gasteiger partial charge in [0.25, 0.3) is 0 Å². The van der Waals surface area contributed by atoms with Gasteiger partial charge in [0.2, 0.25) is 0 Å². The first-order chi connectivity index (χ1) is 8.74. The van der Waals surface area contributed by atoms with Crippen LogP contribution in [0.25, 0.3) is 10.8 Å². The average Bonchev–Trinajstić information content (AvgIpc) is 2.44.